The van der Waals surface area contributed by atoms with E-state index in [2.05, 4.69) is 57.5 Å². The molecule has 11 nitrogen and oxygen atoms in total. The minimum atomic E-state index is -0.577. The number of aromatic amines is 1. The molecule has 5 aromatic heterocycles. The van der Waals surface area contributed by atoms with Crippen LogP contribution < -0.4 is 10.2 Å². The first-order chi connectivity index (χ1) is 20.0. The van der Waals surface area contributed by atoms with Crippen molar-refractivity contribution in [3.8, 4) is 17.2 Å². The normalized spacial score (nSPS) is 18.4. The van der Waals surface area contributed by atoms with Gasteiger partial charge in [-0.1, -0.05) is 6.07 Å². The van der Waals surface area contributed by atoms with Crippen LogP contribution >= 0.6 is 0 Å². The third-order valence-electron chi connectivity index (χ3n) is 7.68. The van der Waals surface area contributed by atoms with Crippen LogP contribution in [0.4, 0.5) is 21.8 Å². The number of nitrogens with zero attached hydrogens (tertiary/aromatic N) is 9. The van der Waals surface area contributed by atoms with Gasteiger partial charge in [-0.25, -0.2) is 29.0 Å². The van der Waals surface area contributed by atoms with Crippen molar-refractivity contribution in [2.45, 2.75) is 45.6 Å². The molecule has 0 radical (unpaired) electrons. The maximum absolute atomic E-state index is 12.8. The molecule has 0 amide bonds. The molecule has 0 aliphatic carbocycles. The summed E-state index contributed by atoms with van der Waals surface area (Å²) in [6.45, 7) is 6.06. The highest BCUT2D eigenvalue weighted by Crippen LogP contribution is 2.35. The summed E-state index contributed by atoms with van der Waals surface area (Å²) in [5.41, 5.74) is 4.27. The summed E-state index contributed by atoms with van der Waals surface area (Å²) in [5.74, 6) is 3.69. The Hall–Kier alpha value is -4.71. The van der Waals surface area contributed by atoms with Crippen LogP contribution in [0.25, 0.3) is 17.2 Å². The van der Waals surface area contributed by atoms with Crippen molar-refractivity contribution >= 4 is 17.5 Å². The van der Waals surface area contributed by atoms with Crippen LogP contribution in [0, 0.1) is 13.8 Å². The van der Waals surface area contributed by atoms with Crippen molar-refractivity contribution in [2.24, 2.45) is 0 Å². The van der Waals surface area contributed by atoms with Crippen LogP contribution in [0.2, 0.25) is 0 Å². The molecule has 12 heteroatoms. The lowest BCUT2D eigenvalue weighted by atomic mass is 9.87. The Bertz CT molecular complexity index is 1650. The fourth-order valence-corrected chi connectivity index (χ4v) is 5.63. The molecular weight excluding hydrogens is 521 g/mol. The molecule has 8 heterocycles. The Labute approximate surface area is 236 Å². The van der Waals surface area contributed by atoms with Gasteiger partial charge in [-0.2, -0.15) is 10.2 Å². The van der Waals surface area contributed by atoms with E-state index in [9.17, 15) is 4.39 Å². The lowest BCUT2D eigenvalue weighted by molar-refractivity contribution is -0.00875. The number of aryl methyl sites for hydroxylation is 2. The van der Waals surface area contributed by atoms with Gasteiger partial charge in [0.25, 0.3) is 0 Å². The molecule has 2 unspecified atom stereocenters. The van der Waals surface area contributed by atoms with E-state index in [-0.39, 0.29) is 0 Å². The summed E-state index contributed by atoms with van der Waals surface area (Å²) in [6, 6.07) is 14.6. The summed E-state index contributed by atoms with van der Waals surface area (Å²) in [4.78, 5) is 23.6. The van der Waals surface area contributed by atoms with Crippen LogP contribution in [0.15, 0.2) is 61.1 Å². The molecule has 3 saturated heterocycles. The first kappa shape index (κ1) is 25.3. The predicted octanol–water partition coefficient (Wildman–Crippen LogP) is 4.14. The molecular formula is C29H30FN11. The Morgan fingerprint density at radius 1 is 0.951 bits per heavy atom. The SMILES string of the molecule is Cc1cc(Nc2cc(C)[nH]n2)nc(-c2ccc(N3CC4CC(C3)N4Cc3ccc(-n4ccc(CF)n4)nc3)nc2)n1. The largest absolute Gasteiger partial charge is 0.353 e. The van der Waals surface area contributed by atoms with Gasteiger partial charge in [0.1, 0.15) is 18.3 Å². The first-order valence-electron chi connectivity index (χ1n) is 13.7. The number of hydrogen-bond donors (Lipinski definition) is 2. The van der Waals surface area contributed by atoms with Gasteiger partial charge in [0.05, 0.1) is 5.69 Å². The van der Waals surface area contributed by atoms with Gasteiger partial charge in [0.15, 0.2) is 17.5 Å². The minimum absolute atomic E-state index is 0.407. The minimum Gasteiger partial charge on any atom is -0.353 e. The molecule has 0 aromatic carbocycles. The molecule has 3 fully saturated rings. The maximum Gasteiger partial charge on any atom is 0.163 e. The molecule has 208 valence electrons. The number of nitrogens with one attached hydrogen (secondary N) is 2. The average Bonchev–Trinajstić information content (AvgIpc) is 3.65. The summed E-state index contributed by atoms with van der Waals surface area (Å²) in [7, 11) is 0. The molecule has 2 atom stereocenters. The number of piperidine rings is 1. The van der Waals surface area contributed by atoms with Crippen LogP contribution in [0.5, 0.6) is 0 Å². The van der Waals surface area contributed by atoms with Crippen molar-refractivity contribution in [2.75, 3.05) is 23.3 Å². The van der Waals surface area contributed by atoms with E-state index < -0.39 is 6.67 Å². The van der Waals surface area contributed by atoms with E-state index in [0.29, 0.717) is 41.1 Å². The molecule has 3 aliphatic rings. The monoisotopic (exact) mass is 551 g/mol. The van der Waals surface area contributed by atoms with Gasteiger partial charge in [-0.3, -0.25) is 10.00 Å². The number of H-pyrrole nitrogens is 1. The van der Waals surface area contributed by atoms with Crippen LogP contribution in [0.3, 0.4) is 0 Å². The fraction of sp³-hybridized carbons (Fsp3) is 0.310. The first-order valence-corrected chi connectivity index (χ1v) is 13.7. The molecule has 8 rings (SSSR count). The zero-order valence-electron chi connectivity index (χ0n) is 22.9. The highest BCUT2D eigenvalue weighted by atomic mass is 19.1. The number of alkyl halides is 1. The molecule has 5 aromatic rings. The van der Waals surface area contributed by atoms with Crippen molar-refractivity contribution < 1.29 is 4.39 Å². The third kappa shape index (κ3) is 5.13. The number of aromatic nitrogens is 8. The number of pyridine rings is 2. The fourth-order valence-electron chi connectivity index (χ4n) is 5.63. The van der Waals surface area contributed by atoms with E-state index >= 15 is 0 Å². The topological polar surface area (TPSA) is 117 Å². The van der Waals surface area contributed by atoms with E-state index in [1.807, 2.05) is 50.5 Å². The van der Waals surface area contributed by atoms with Crippen LogP contribution in [-0.2, 0) is 13.2 Å². The zero-order chi connectivity index (χ0) is 27.9. The van der Waals surface area contributed by atoms with Crippen molar-refractivity contribution in [3.05, 3.63) is 83.7 Å². The van der Waals surface area contributed by atoms with Gasteiger partial charge in [0.2, 0.25) is 0 Å². The highest BCUT2D eigenvalue weighted by molar-refractivity contribution is 5.61. The van der Waals surface area contributed by atoms with Gasteiger partial charge < -0.3 is 10.2 Å². The Morgan fingerprint density at radius 2 is 1.78 bits per heavy atom. The molecule has 2 bridgehead atoms. The lowest BCUT2D eigenvalue weighted by Gasteiger charge is -2.56. The van der Waals surface area contributed by atoms with Crippen molar-refractivity contribution in [3.63, 3.8) is 0 Å². The Balaban J connectivity index is 0.983. The number of halogens is 1. The summed E-state index contributed by atoms with van der Waals surface area (Å²) >= 11 is 0. The smallest absolute Gasteiger partial charge is 0.163 e. The average molecular weight is 552 g/mol. The van der Waals surface area contributed by atoms with E-state index in [1.165, 1.54) is 6.42 Å². The number of rotatable bonds is 8. The van der Waals surface area contributed by atoms with E-state index in [0.717, 1.165) is 48.0 Å². The van der Waals surface area contributed by atoms with Gasteiger partial charge >= 0.3 is 0 Å². The summed E-state index contributed by atoms with van der Waals surface area (Å²) in [6.07, 6.45) is 6.68. The van der Waals surface area contributed by atoms with Crippen LogP contribution in [0.1, 0.15) is 29.1 Å². The second-order valence-electron chi connectivity index (χ2n) is 10.7. The number of fused-ring (bicyclic) bond motifs is 2. The van der Waals surface area contributed by atoms with Gasteiger partial charge in [-0.15, -0.1) is 0 Å². The predicted molar refractivity (Wildman–Crippen MR) is 153 cm³/mol. The van der Waals surface area contributed by atoms with Crippen molar-refractivity contribution in [1.29, 1.82) is 0 Å². The second kappa shape index (κ2) is 10.4. The maximum atomic E-state index is 12.8. The zero-order valence-corrected chi connectivity index (χ0v) is 22.9. The Kier molecular flexibility index (Phi) is 6.38. The van der Waals surface area contributed by atoms with Crippen LogP contribution in [-0.4, -0.2) is 70.0 Å². The lowest BCUT2D eigenvalue weighted by Crippen LogP contribution is -2.68. The molecule has 3 aliphatic heterocycles. The van der Waals surface area contributed by atoms with E-state index in [1.54, 1.807) is 16.9 Å². The quantitative estimate of drug-likeness (QED) is 0.294. The van der Waals surface area contributed by atoms with Gasteiger partial charge in [-0.05, 0) is 50.1 Å². The number of piperazine rings is 1. The summed E-state index contributed by atoms with van der Waals surface area (Å²) in [5, 5.41) is 14.6. The third-order valence-corrected chi connectivity index (χ3v) is 7.68. The Morgan fingerprint density at radius 3 is 2.46 bits per heavy atom. The molecule has 0 spiro atoms. The second-order valence-corrected chi connectivity index (χ2v) is 10.7. The van der Waals surface area contributed by atoms with E-state index in [4.69, 9.17) is 4.98 Å². The standard InChI is InChI=1S/C29H30FN11/c1-18-9-25(34-26-10-19(2)36-37-26)35-29(33-18)21-4-6-27(32-14-21)39-16-23-11-24(17-39)40(23)15-20-3-5-28(31-13-20)41-8-7-22(12-30)38-41/h3-10,13-14,23-24H,11-12,15-17H2,1-2H3,(H2,33,34,35,36,37). The molecule has 41 heavy (non-hydrogen) atoms. The van der Waals surface area contributed by atoms with Gasteiger partial charge in [0, 0.05) is 79.4 Å². The summed E-state index contributed by atoms with van der Waals surface area (Å²) < 4.78 is 14.4. The molecule has 2 N–H and O–H groups in total. The number of anilines is 3. The number of hydrogen-bond acceptors (Lipinski definition) is 9. The molecule has 0 saturated carbocycles. The van der Waals surface area contributed by atoms with Crippen molar-refractivity contribution in [1.82, 2.24) is 44.8 Å². The highest BCUT2D eigenvalue weighted by Gasteiger charge is 2.44.